The van der Waals surface area contributed by atoms with E-state index in [0.29, 0.717) is 16.3 Å². The molecule has 1 aliphatic heterocycles. The maximum Gasteiger partial charge on any atom is 0.128 e. The molecule has 2 rings (SSSR count). The molecule has 19 heavy (non-hydrogen) atoms. The number of aromatic nitrogens is 1. The molecule has 1 saturated heterocycles. The van der Waals surface area contributed by atoms with Gasteiger partial charge >= 0.3 is 0 Å². The molecule has 0 spiro atoms. The molecule has 0 aromatic carbocycles. The van der Waals surface area contributed by atoms with Gasteiger partial charge in [0, 0.05) is 13.1 Å². The second-order valence-electron chi connectivity index (χ2n) is 5.43. The van der Waals surface area contributed by atoms with Gasteiger partial charge in [-0.2, -0.15) is 0 Å². The van der Waals surface area contributed by atoms with Crippen molar-refractivity contribution < 1.29 is 0 Å². The number of hydrogen-bond acceptors (Lipinski definition) is 2. The van der Waals surface area contributed by atoms with E-state index in [9.17, 15) is 0 Å². The van der Waals surface area contributed by atoms with Crippen molar-refractivity contribution >= 4 is 29.0 Å². The number of piperidine rings is 1. The van der Waals surface area contributed by atoms with E-state index in [0.717, 1.165) is 24.6 Å². The molecule has 1 fully saturated rings. The summed E-state index contributed by atoms with van der Waals surface area (Å²) in [4.78, 5) is 6.93. The van der Waals surface area contributed by atoms with Gasteiger partial charge in [-0.25, -0.2) is 4.98 Å². The topological polar surface area (TPSA) is 16.1 Å². The van der Waals surface area contributed by atoms with Gasteiger partial charge in [-0.05, 0) is 30.4 Å². The molecule has 0 aliphatic carbocycles. The van der Waals surface area contributed by atoms with E-state index in [4.69, 9.17) is 23.2 Å². The second-order valence-corrected chi connectivity index (χ2v) is 6.10. The maximum absolute atomic E-state index is 6.06. The lowest BCUT2D eigenvalue weighted by Gasteiger charge is -2.41. The molecule has 1 aliphatic rings. The van der Waals surface area contributed by atoms with Crippen molar-refractivity contribution in [3.8, 4) is 0 Å². The molecular formula is C15H22Cl2N2. The molecule has 2 heterocycles. The average molecular weight is 301 g/mol. The first kappa shape index (κ1) is 14.9. The highest BCUT2D eigenvalue weighted by molar-refractivity contribution is 6.32. The van der Waals surface area contributed by atoms with Crippen molar-refractivity contribution in [3.05, 3.63) is 22.8 Å². The number of nitrogens with zero attached hydrogens (tertiary/aromatic N) is 2. The van der Waals surface area contributed by atoms with Crippen LogP contribution in [0.3, 0.4) is 0 Å². The number of halogens is 2. The Morgan fingerprint density at radius 3 is 2.37 bits per heavy atom. The molecule has 0 N–H and O–H groups in total. The number of anilines is 1. The Morgan fingerprint density at radius 2 is 1.84 bits per heavy atom. The quantitative estimate of drug-likeness (QED) is 0.737. The summed E-state index contributed by atoms with van der Waals surface area (Å²) in [5.74, 6) is 1.38. The van der Waals surface area contributed by atoms with Crippen LogP contribution in [-0.2, 0) is 5.88 Å². The summed E-state index contributed by atoms with van der Waals surface area (Å²) in [7, 11) is 0. The SMILES string of the molecule is CCC1(CC)CCN(c2ccc(Cl)c(CCl)n2)CC1. The van der Waals surface area contributed by atoms with Crippen molar-refractivity contribution in [1.82, 2.24) is 4.98 Å². The Labute approximate surface area is 126 Å². The van der Waals surface area contributed by atoms with Crippen LogP contribution in [0.15, 0.2) is 12.1 Å². The number of pyridine rings is 1. The van der Waals surface area contributed by atoms with E-state index in [1.165, 1.54) is 25.7 Å². The van der Waals surface area contributed by atoms with E-state index < -0.39 is 0 Å². The molecule has 0 amide bonds. The second kappa shape index (κ2) is 6.32. The number of rotatable bonds is 4. The van der Waals surface area contributed by atoms with E-state index in [1.807, 2.05) is 12.1 Å². The van der Waals surface area contributed by atoms with Gasteiger partial charge in [0.25, 0.3) is 0 Å². The van der Waals surface area contributed by atoms with Gasteiger partial charge in [0.1, 0.15) is 5.82 Å². The fraction of sp³-hybridized carbons (Fsp3) is 0.667. The van der Waals surface area contributed by atoms with Gasteiger partial charge < -0.3 is 4.90 Å². The summed E-state index contributed by atoms with van der Waals surface area (Å²) >= 11 is 11.9. The highest BCUT2D eigenvalue weighted by Gasteiger charge is 2.31. The zero-order valence-electron chi connectivity index (χ0n) is 11.8. The van der Waals surface area contributed by atoms with Crippen LogP contribution in [0.25, 0.3) is 0 Å². The third-order valence-electron chi connectivity index (χ3n) is 4.68. The standard InChI is InChI=1S/C15H22Cl2N2/c1-3-15(4-2)7-9-19(10-8-15)14-6-5-12(17)13(11-16)18-14/h5-6H,3-4,7-11H2,1-2H3. The largest absolute Gasteiger partial charge is 0.357 e. The fourth-order valence-corrected chi connectivity index (χ4v) is 3.35. The fourth-order valence-electron chi connectivity index (χ4n) is 2.91. The van der Waals surface area contributed by atoms with Gasteiger partial charge in [0.05, 0.1) is 16.6 Å². The summed E-state index contributed by atoms with van der Waals surface area (Å²) in [5, 5.41) is 0.659. The normalized spacial score (nSPS) is 18.6. The van der Waals surface area contributed by atoms with E-state index in [2.05, 4.69) is 23.7 Å². The summed E-state index contributed by atoms with van der Waals surface area (Å²) in [6, 6.07) is 3.91. The lowest BCUT2D eigenvalue weighted by atomic mass is 9.74. The molecule has 2 nitrogen and oxygen atoms in total. The minimum Gasteiger partial charge on any atom is -0.357 e. The van der Waals surface area contributed by atoms with Crippen molar-refractivity contribution in [2.45, 2.75) is 45.4 Å². The molecule has 0 unspecified atom stereocenters. The first-order valence-corrected chi connectivity index (χ1v) is 8.01. The van der Waals surface area contributed by atoms with Gasteiger partial charge in [-0.1, -0.05) is 38.3 Å². The summed E-state index contributed by atoms with van der Waals surface area (Å²) < 4.78 is 0. The van der Waals surface area contributed by atoms with Crippen LogP contribution < -0.4 is 4.90 Å². The third kappa shape index (κ3) is 3.17. The molecule has 0 radical (unpaired) electrons. The lowest BCUT2D eigenvalue weighted by Crippen LogP contribution is -2.40. The highest BCUT2D eigenvalue weighted by Crippen LogP contribution is 2.39. The summed E-state index contributed by atoms with van der Waals surface area (Å²) in [6.45, 7) is 6.78. The lowest BCUT2D eigenvalue weighted by molar-refractivity contribution is 0.199. The average Bonchev–Trinajstić information content (AvgIpc) is 2.48. The molecular weight excluding hydrogens is 279 g/mol. The van der Waals surface area contributed by atoms with Crippen LogP contribution in [0.1, 0.15) is 45.2 Å². The summed E-state index contributed by atoms with van der Waals surface area (Å²) in [5.41, 5.74) is 1.32. The third-order valence-corrected chi connectivity index (χ3v) is 5.28. The van der Waals surface area contributed by atoms with Crippen molar-refractivity contribution in [2.24, 2.45) is 5.41 Å². The van der Waals surface area contributed by atoms with E-state index >= 15 is 0 Å². The molecule has 1 aromatic heterocycles. The molecule has 0 atom stereocenters. The zero-order valence-corrected chi connectivity index (χ0v) is 13.3. The van der Waals surface area contributed by atoms with Crippen molar-refractivity contribution in [2.75, 3.05) is 18.0 Å². The molecule has 4 heteroatoms. The monoisotopic (exact) mass is 300 g/mol. The smallest absolute Gasteiger partial charge is 0.128 e. The van der Waals surface area contributed by atoms with Crippen LogP contribution in [-0.4, -0.2) is 18.1 Å². The molecule has 106 valence electrons. The minimum atomic E-state index is 0.369. The van der Waals surface area contributed by atoms with Gasteiger partial charge in [-0.15, -0.1) is 11.6 Å². The van der Waals surface area contributed by atoms with Crippen LogP contribution >= 0.6 is 23.2 Å². The Bertz CT molecular complexity index is 420. The predicted octanol–water partition coefficient (Wildman–Crippen LogP) is 4.88. The Balaban J connectivity index is 2.09. The van der Waals surface area contributed by atoms with Crippen molar-refractivity contribution in [1.29, 1.82) is 0 Å². The first-order chi connectivity index (χ1) is 9.14. The Kier molecular flexibility index (Phi) is 4.97. The molecule has 0 saturated carbocycles. The van der Waals surface area contributed by atoms with E-state index in [-0.39, 0.29) is 0 Å². The van der Waals surface area contributed by atoms with Crippen LogP contribution in [0.5, 0.6) is 0 Å². The van der Waals surface area contributed by atoms with E-state index in [1.54, 1.807) is 0 Å². The van der Waals surface area contributed by atoms with Gasteiger partial charge in [0.2, 0.25) is 0 Å². The van der Waals surface area contributed by atoms with Crippen LogP contribution in [0, 0.1) is 5.41 Å². The van der Waals surface area contributed by atoms with Crippen LogP contribution in [0.2, 0.25) is 5.02 Å². The van der Waals surface area contributed by atoms with Gasteiger partial charge in [0.15, 0.2) is 0 Å². The highest BCUT2D eigenvalue weighted by atomic mass is 35.5. The molecule has 0 bridgehead atoms. The first-order valence-electron chi connectivity index (χ1n) is 7.10. The van der Waals surface area contributed by atoms with Gasteiger partial charge in [-0.3, -0.25) is 0 Å². The Hall–Kier alpha value is -0.470. The van der Waals surface area contributed by atoms with Crippen LogP contribution in [0.4, 0.5) is 5.82 Å². The number of hydrogen-bond donors (Lipinski definition) is 0. The van der Waals surface area contributed by atoms with Crippen molar-refractivity contribution in [3.63, 3.8) is 0 Å². The Morgan fingerprint density at radius 1 is 1.21 bits per heavy atom. The maximum atomic E-state index is 6.06. The minimum absolute atomic E-state index is 0.369. The predicted molar refractivity (Wildman–Crippen MR) is 83.3 cm³/mol. The number of alkyl halides is 1. The molecule has 1 aromatic rings. The summed E-state index contributed by atoms with van der Waals surface area (Å²) in [6.07, 6.45) is 5.05. The zero-order chi connectivity index (χ0) is 13.9.